The molecule has 10 nitrogen and oxygen atoms in total. The molecule has 1 N–H and O–H groups in total. The number of hydrogen-bond acceptors (Lipinski definition) is 8. The van der Waals surface area contributed by atoms with Crippen molar-refractivity contribution >= 4 is 12.2 Å². The first-order chi connectivity index (χ1) is 20.9. The topological polar surface area (TPSA) is 117 Å². The molecule has 1 aliphatic rings. The van der Waals surface area contributed by atoms with E-state index in [-0.39, 0.29) is 27.7 Å². The minimum atomic E-state index is -0.699. The van der Waals surface area contributed by atoms with Crippen LogP contribution in [0.4, 0.5) is 0 Å². The fraction of sp³-hybridized carbons (Fsp3) is 0.152. The summed E-state index contributed by atoms with van der Waals surface area (Å²) in [6, 6.07) is 15.0. The number of aliphatic hydroxyl groups is 1. The third-order valence-corrected chi connectivity index (χ3v) is 7.48. The van der Waals surface area contributed by atoms with Gasteiger partial charge in [0.15, 0.2) is 0 Å². The minimum Gasteiger partial charge on any atom is -0.497 e. The van der Waals surface area contributed by atoms with Crippen molar-refractivity contribution in [3.63, 3.8) is 0 Å². The van der Waals surface area contributed by atoms with Gasteiger partial charge >= 0.3 is 21.1 Å². The van der Waals surface area contributed by atoms with Crippen LogP contribution in [0, 0.1) is 12.4 Å². The molecule has 0 aliphatic carbocycles. The first-order valence-electron chi connectivity index (χ1n) is 13.7. The molecule has 220 valence electrons. The molecule has 0 radical (unpaired) electrons. The normalized spacial score (nSPS) is 13.7. The second-order valence-corrected chi connectivity index (χ2v) is 10.6. The summed E-state index contributed by atoms with van der Waals surface area (Å²) >= 11 is 0. The Balaban J connectivity index is 0.00000343. The zero-order valence-corrected chi connectivity index (χ0v) is 26.3. The van der Waals surface area contributed by atoms with Crippen molar-refractivity contribution < 1.29 is 30.9 Å². The molecule has 8 bridgehead atoms. The number of ether oxygens (including phenoxy) is 1. The molecule has 44 heavy (non-hydrogen) atoms. The Labute approximate surface area is 268 Å². The van der Waals surface area contributed by atoms with Gasteiger partial charge in [-0.3, -0.25) is 19.9 Å². The first kappa shape index (κ1) is 29.3. The first-order valence-corrected chi connectivity index (χ1v) is 13.7. The molecule has 7 heterocycles. The van der Waals surface area contributed by atoms with Gasteiger partial charge in [0.25, 0.3) is 0 Å². The predicted octanol–water partition coefficient (Wildman–Crippen LogP) is 4.88. The van der Waals surface area contributed by atoms with E-state index in [1.807, 2.05) is 74.5 Å². The number of rotatable bonds is 4. The third kappa shape index (κ3) is 5.27. The van der Waals surface area contributed by atoms with Crippen molar-refractivity contribution in [3.05, 3.63) is 114 Å². The maximum absolute atomic E-state index is 10.2. The van der Waals surface area contributed by atoms with Gasteiger partial charge in [0.2, 0.25) is 0 Å². The van der Waals surface area contributed by atoms with Gasteiger partial charge in [0.1, 0.15) is 5.75 Å². The number of methoxy groups -OCH3 is 1. The van der Waals surface area contributed by atoms with Crippen LogP contribution in [0.15, 0.2) is 73.3 Å². The summed E-state index contributed by atoms with van der Waals surface area (Å²) in [7, 11) is 1.62. The number of hydrogen-bond donors (Lipinski definition) is 1. The Hall–Kier alpha value is -4.79. The number of nitrogens with zero attached hydrogens (tertiary/aromatic N) is 8. The number of aliphatic hydroxyl groups excluding tert-OH is 1. The van der Waals surface area contributed by atoms with Gasteiger partial charge in [-0.05, 0) is 79.3 Å². The Morgan fingerprint density at radius 3 is 1.75 bits per heavy atom. The molecule has 6 aromatic heterocycles. The van der Waals surface area contributed by atoms with E-state index in [0.29, 0.717) is 45.7 Å². The van der Waals surface area contributed by atoms with Gasteiger partial charge in [-0.15, -0.1) is 11.1 Å². The van der Waals surface area contributed by atoms with Crippen molar-refractivity contribution in [2.24, 2.45) is 0 Å². The van der Waals surface area contributed by atoms with Crippen molar-refractivity contribution in [1.82, 2.24) is 39.5 Å². The molecule has 0 amide bonds. The second kappa shape index (κ2) is 11.7. The molecule has 0 fully saturated rings. The standard InChI is InChI=1S/C33H26N8O2.Pt/c1-33(2)27-14-21(20-42)15-29(36-27)40-18-24(31(38-40)22-6-10-34-11-7-22)4-5-25-19-41(30-17-26(43-3)16-28(33)37-30)39-32(25)23-8-12-35-13-9-23;/h4-17,42H,20H2,1-3H3;/q-2;+2/b5-4-;. The molecule has 0 unspecified atom stereocenters. The largest absolute Gasteiger partial charge is 2.00 e. The molecular formula is C33H26N8O2Pt. The van der Waals surface area contributed by atoms with E-state index in [1.54, 1.807) is 41.3 Å². The summed E-state index contributed by atoms with van der Waals surface area (Å²) in [6.45, 7) is 3.91. The van der Waals surface area contributed by atoms with E-state index in [9.17, 15) is 5.11 Å². The summed E-state index contributed by atoms with van der Waals surface area (Å²) < 4.78 is 8.95. The summed E-state index contributed by atoms with van der Waals surface area (Å²) in [6.07, 6.45) is 17.6. The van der Waals surface area contributed by atoms with Crippen LogP contribution in [0.2, 0.25) is 0 Å². The molecule has 6 aromatic rings. The van der Waals surface area contributed by atoms with Crippen LogP contribution in [0.3, 0.4) is 0 Å². The van der Waals surface area contributed by atoms with E-state index >= 15 is 0 Å². The number of aromatic nitrogens is 8. The van der Waals surface area contributed by atoms with Crippen LogP contribution in [-0.2, 0) is 33.1 Å². The van der Waals surface area contributed by atoms with Gasteiger partial charge in [-0.2, -0.15) is 12.2 Å². The van der Waals surface area contributed by atoms with Crippen LogP contribution in [0.1, 0.15) is 41.9 Å². The van der Waals surface area contributed by atoms with Gasteiger partial charge in [-0.1, -0.05) is 6.07 Å². The van der Waals surface area contributed by atoms with Gasteiger partial charge in [0.05, 0.1) is 25.4 Å². The smallest absolute Gasteiger partial charge is 0.497 e. The average molecular weight is 762 g/mol. The average Bonchev–Trinajstić information content (AvgIpc) is 3.69. The SMILES string of the molecule is COc1cc2nc(c1)C(C)(C)c1cc(CO)cc(n1)-n1[c-]c(c(-c3ccncc3)n1)/C=C\c1[c-]n-2nc1-c1ccncc1.[Pt+2]. The molecule has 1 aliphatic heterocycles. The Morgan fingerprint density at radius 2 is 1.25 bits per heavy atom. The van der Waals surface area contributed by atoms with Crippen molar-refractivity contribution in [1.29, 1.82) is 0 Å². The molecular weight excluding hydrogens is 735 g/mol. The molecule has 0 aromatic carbocycles. The third-order valence-electron chi connectivity index (χ3n) is 7.48. The van der Waals surface area contributed by atoms with E-state index in [1.165, 1.54) is 0 Å². The van der Waals surface area contributed by atoms with E-state index in [2.05, 4.69) is 22.4 Å². The van der Waals surface area contributed by atoms with Crippen LogP contribution < -0.4 is 4.74 Å². The van der Waals surface area contributed by atoms with Crippen molar-refractivity contribution in [2.75, 3.05) is 7.11 Å². The van der Waals surface area contributed by atoms with Gasteiger partial charge < -0.3 is 19.2 Å². The van der Waals surface area contributed by atoms with Gasteiger partial charge in [0, 0.05) is 59.0 Å². The predicted molar refractivity (Wildman–Crippen MR) is 160 cm³/mol. The fourth-order valence-corrected chi connectivity index (χ4v) is 5.01. The van der Waals surface area contributed by atoms with Crippen LogP contribution in [-0.4, -0.2) is 51.7 Å². The Bertz CT molecular complexity index is 1840. The molecule has 0 atom stereocenters. The van der Waals surface area contributed by atoms with Crippen LogP contribution >= 0.6 is 0 Å². The summed E-state index contributed by atoms with van der Waals surface area (Å²) in [5.74, 6) is 1.69. The Morgan fingerprint density at radius 1 is 0.750 bits per heavy atom. The van der Waals surface area contributed by atoms with Crippen molar-refractivity contribution in [2.45, 2.75) is 25.9 Å². The summed E-state index contributed by atoms with van der Waals surface area (Å²) in [5.41, 5.74) is 6.07. The molecule has 7 rings (SSSR count). The maximum Gasteiger partial charge on any atom is 2.00 e. The molecule has 0 saturated heterocycles. The second-order valence-electron chi connectivity index (χ2n) is 10.6. The molecule has 0 saturated carbocycles. The monoisotopic (exact) mass is 761 g/mol. The van der Waals surface area contributed by atoms with Crippen molar-refractivity contribution in [3.8, 4) is 39.9 Å². The quantitative estimate of drug-likeness (QED) is 0.253. The fourth-order valence-electron chi connectivity index (χ4n) is 5.01. The number of fused-ring (bicyclic) bond motifs is 10. The van der Waals surface area contributed by atoms with Crippen LogP contribution in [0.5, 0.6) is 5.75 Å². The minimum absolute atomic E-state index is 0. The van der Waals surface area contributed by atoms with E-state index < -0.39 is 5.41 Å². The zero-order valence-electron chi connectivity index (χ0n) is 24.0. The van der Waals surface area contributed by atoms with Gasteiger partial charge in [-0.25, -0.2) is 10.2 Å². The Kier molecular flexibility index (Phi) is 7.80. The van der Waals surface area contributed by atoms with Crippen LogP contribution in [0.25, 0.3) is 46.3 Å². The molecule has 11 heteroatoms. The van der Waals surface area contributed by atoms with E-state index in [4.69, 9.17) is 24.9 Å². The van der Waals surface area contributed by atoms with E-state index in [0.717, 1.165) is 22.3 Å². The maximum atomic E-state index is 10.2. The zero-order chi connectivity index (χ0) is 29.6. The summed E-state index contributed by atoms with van der Waals surface area (Å²) in [5, 5.41) is 20.0. The number of pyridine rings is 4. The summed E-state index contributed by atoms with van der Waals surface area (Å²) in [4.78, 5) is 18.4. The molecule has 0 spiro atoms.